The van der Waals surface area contributed by atoms with Crippen molar-refractivity contribution < 1.29 is 4.74 Å². The predicted octanol–water partition coefficient (Wildman–Crippen LogP) is 2.85. The van der Waals surface area contributed by atoms with E-state index < -0.39 is 0 Å². The summed E-state index contributed by atoms with van der Waals surface area (Å²) in [5, 5.41) is 0. The third-order valence-electron chi connectivity index (χ3n) is 3.69. The molecule has 0 aliphatic heterocycles. The van der Waals surface area contributed by atoms with Gasteiger partial charge in [0.25, 0.3) is 5.56 Å². The van der Waals surface area contributed by atoms with Gasteiger partial charge in [-0.2, -0.15) is 0 Å². The summed E-state index contributed by atoms with van der Waals surface area (Å²) < 4.78 is 7.34. The van der Waals surface area contributed by atoms with Crippen molar-refractivity contribution in [1.29, 1.82) is 0 Å². The summed E-state index contributed by atoms with van der Waals surface area (Å²) in [6, 6.07) is 9.84. The molecule has 0 amide bonds. The highest BCUT2D eigenvalue weighted by Gasteiger charge is 2.10. The maximum absolute atomic E-state index is 12.3. The van der Waals surface area contributed by atoms with Gasteiger partial charge >= 0.3 is 0 Å². The van der Waals surface area contributed by atoms with Crippen LogP contribution in [0.2, 0.25) is 0 Å². The Labute approximate surface area is 131 Å². The van der Waals surface area contributed by atoms with Crippen LogP contribution in [-0.2, 0) is 13.6 Å². The van der Waals surface area contributed by atoms with Crippen molar-refractivity contribution in [2.75, 3.05) is 6.61 Å². The largest absolute Gasteiger partial charge is 0.493 e. The van der Waals surface area contributed by atoms with Crippen LogP contribution in [-0.4, -0.2) is 11.2 Å². The minimum Gasteiger partial charge on any atom is -0.493 e. The summed E-state index contributed by atoms with van der Waals surface area (Å²) in [6.07, 6.45) is 0. The van der Waals surface area contributed by atoms with Gasteiger partial charge in [-0.1, -0.05) is 13.8 Å². The Morgan fingerprint density at radius 2 is 1.86 bits per heavy atom. The van der Waals surface area contributed by atoms with Crippen molar-refractivity contribution in [3.05, 3.63) is 51.8 Å². The lowest BCUT2D eigenvalue weighted by molar-refractivity contribution is 0.271. The maximum atomic E-state index is 12.3. The Morgan fingerprint density at radius 1 is 1.23 bits per heavy atom. The van der Waals surface area contributed by atoms with Gasteiger partial charge in [0.2, 0.25) is 0 Å². The zero-order valence-corrected chi connectivity index (χ0v) is 13.7. The van der Waals surface area contributed by atoms with Crippen molar-refractivity contribution in [1.82, 2.24) is 4.57 Å². The zero-order valence-electron chi connectivity index (χ0n) is 13.7. The Hall–Kier alpha value is -2.07. The summed E-state index contributed by atoms with van der Waals surface area (Å²) in [7, 11) is 1.78. The molecule has 0 spiro atoms. The number of ether oxygens (including phenoxy) is 1. The predicted molar refractivity (Wildman–Crippen MR) is 90.1 cm³/mol. The summed E-state index contributed by atoms with van der Waals surface area (Å²) >= 11 is 0. The molecular weight excluding hydrogens is 276 g/mol. The van der Waals surface area contributed by atoms with E-state index in [-0.39, 0.29) is 12.1 Å². The van der Waals surface area contributed by atoms with E-state index >= 15 is 0 Å². The molecule has 0 saturated heterocycles. The van der Waals surface area contributed by atoms with Crippen LogP contribution in [0.15, 0.2) is 35.1 Å². The van der Waals surface area contributed by atoms with Gasteiger partial charge in [0.05, 0.1) is 12.3 Å². The lowest BCUT2D eigenvalue weighted by Gasteiger charge is -2.14. The molecule has 4 heteroatoms. The third-order valence-corrected chi connectivity index (χ3v) is 3.69. The second-order valence-corrected chi connectivity index (χ2v) is 5.99. The fraction of sp³-hybridized carbons (Fsp3) is 0.389. The molecule has 2 aromatic rings. The standard InChI is InChI=1S/C18H24N2O2/c1-12(2)11-22-15-7-5-14(6-8-15)17-9-13(3)16(10-19)18(21)20(17)4/h5-9,12H,10-11,19H2,1-4H3. The number of hydrogen-bond acceptors (Lipinski definition) is 3. The normalized spacial score (nSPS) is 11.0. The first-order valence-corrected chi connectivity index (χ1v) is 7.56. The number of aromatic nitrogens is 1. The molecule has 4 nitrogen and oxygen atoms in total. The van der Waals surface area contributed by atoms with Crippen LogP contribution in [0.25, 0.3) is 11.3 Å². The number of nitrogens with zero attached hydrogens (tertiary/aromatic N) is 1. The maximum Gasteiger partial charge on any atom is 0.255 e. The molecule has 1 aromatic carbocycles. The smallest absolute Gasteiger partial charge is 0.255 e. The first-order valence-electron chi connectivity index (χ1n) is 7.56. The number of aryl methyl sites for hydroxylation is 1. The molecule has 0 aliphatic carbocycles. The van der Waals surface area contributed by atoms with Crippen molar-refractivity contribution >= 4 is 0 Å². The molecule has 0 fully saturated rings. The lowest BCUT2D eigenvalue weighted by atomic mass is 10.1. The van der Waals surface area contributed by atoms with Gasteiger partial charge in [0, 0.05) is 19.2 Å². The number of benzene rings is 1. The van der Waals surface area contributed by atoms with Gasteiger partial charge < -0.3 is 15.0 Å². The topological polar surface area (TPSA) is 57.2 Å². The van der Waals surface area contributed by atoms with Crippen molar-refractivity contribution in [2.45, 2.75) is 27.3 Å². The van der Waals surface area contributed by atoms with Gasteiger partial charge in [-0.05, 0) is 54.3 Å². The van der Waals surface area contributed by atoms with Crippen molar-refractivity contribution in [3.63, 3.8) is 0 Å². The first-order chi connectivity index (χ1) is 10.4. The first kappa shape index (κ1) is 16.3. The molecule has 2 rings (SSSR count). The molecule has 22 heavy (non-hydrogen) atoms. The highest BCUT2D eigenvalue weighted by Crippen LogP contribution is 2.23. The minimum absolute atomic E-state index is 0.0300. The van der Waals surface area contributed by atoms with Gasteiger partial charge in [-0.25, -0.2) is 0 Å². The molecule has 0 bridgehead atoms. The summed E-state index contributed by atoms with van der Waals surface area (Å²) in [4.78, 5) is 12.3. The highest BCUT2D eigenvalue weighted by molar-refractivity contribution is 5.62. The fourth-order valence-corrected chi connectivity index (χ4v) is 2.38. The van der Waals surface area contributed by atoms with Gasteiger partial charge in [0.1, 0.15) is 5.75 Å². The van der Waals surface area contributed by atoms with E-state index in [2.05, 4.69) is 13.8 Å². The quantitative estimate of drug-likeness (QED) is 0.923. The van der Waals surface area contributed by atoms with Crippen LogP contribution in [0, 0.1) is 12.8 Å². The van der Waals surface area contributed by atoms with E-state index in [0.29, 0.717) is 18.1 Å². The average Bonchev–Trinajstić information content (AvgIpc) is 2.50. The number of pyridine rings is 1. The van der Waals surface area contributed by atoms with Gasteiger partial charge in [-0.3, -0.25) is 4.79 Å². The molecule has 0 unspecified atom stereocenters. The Kier molecular flexibility index (Phi) is 5.03. The number of hydrogen-bond donors (Lipinski definition) is 1. The summed E-state index contributed by atoms with van der Waals surface area (Å²) in [5.41, 5.74) is 9.10. The van der Waals surface area contributed by atoms with Crippen molar-refractivity contribution in [2.24, 2.45) is 18.7 Å². The van der Waals surface area contributed by atoms with E-state index in [1.54, 1.807) is 11.6 Å². The molecule has 0 aliphatic rings. The Morgan fingerprint density at radius 3 is 2.41 bits per heavy atom. The summed E-state index contributed by atoms with van der Waals surface area (Å²) in [5.74, 6) is 1.34. The zero-order chi connectivity index (χ0) is 16.3. The highest BCUT2D eigenvalue weighted by atomic mass is 16.5. The third kappa shape index (κ3) is 3.39. The van der Waals surface area contributed by atoms with Gasteiger partial charge in [0.15, 0.2) is 0 Å². The molecule has 0 radical (unpaired) electrons. The van der Waals surface area contributed by atoms with Crippen LogP contribution < -0.4 is 16.0 Å². The van der Waals surface area contributed by atoms with E-state index in [9.17, 15) is 4.79 Å². The molecule has 2 N–H and O–H groups in total. The molecule has 0 saturated carbocycles. The van der Waals surface area contributed by atoms with Crippen molar-refractivity contribution in [3.8, 4) is 17.0 Å². The molecular formula is C18H24N2O2. The van der Waals surface area contributed by atoms with Crippen LogP contribution in [0.4, 0.5) is 0 Å². The molecule has 0 atom stereocenters. The average molecular weight is 300 g/mol. The second kappa shape index (κ2) is 6.79. The lowest BCUT2D eigenvalue weighted by Crippen LogP contribution is -2.25. The minimum atomic E-state index is -0.0300. The molecule has 1 aromatic heterocycles. The number of nitrogens with two attached hydrogens (primary N) is 1. The van der Waals surface area contributed by atoms with Crippen LogP contribution >= 0.6 is 0 Å². The molecule has 1 heterocycles. The Balaban J connectivity index is 2.35. The van der Waals surface area contributed by atoms with E-state index in [1.807, 2.05) is 37.3 Å². The second-order valence-electron chi connectivity index (χ2n) is 5.99. The molecule has 118 valence electrons. The number of rotatable bonds is 5. The SMILES string of the molecule is Cc1cc(-c2ccc(OCC(C)C)cc2)n(C)c(=O)c1CN. The monoisotopic (exact) mass is 300 g/mol. The van der Waals surface area contributed by atoms with E-state index in [1.165, 1.54) is 0 Å². The Bertz CT molecular complexity index is 700. The van der Waals surface area contributed by atoms with Crippen LogP contribution in [0.1, 0.15) is 25.0 Å². The van der Waals surface area contributed by atoms with E-state index in [0.717, 1.165) is 22.6 Å². The van der Waals surface area contributed by atoms with E-state index in [4.69, 9.17) is 10.5 Å². The van der Waals surface area contributed by atoms with Crippen LogP contribution in [0.5, 0.6) is 5.75 Å². The van der Waals surface area contributed by atoms with Gasteiger partial charge in [-0.15, -0.1) is 0 Å². The fourth-order valence-electron chi connectivity index (χ4n) is 2.38. The summed E-state index contributed by atoms with van der Waals surface area (Å²) in [6.45, 7) is 7.12. The van der Waals surface area contributed by atoms with Crippen LogP contribution in [0.3, 0.4) is 0 Å².